The monoisotopic (exact) mass is 402 g/mol. The summed E-state index contributed by atoms with van der Waals surface area (Å²) in [6, 6.07) is 11.2. The zero-order chi connectivity index (χ0) is 20.5. The number of hydrogen-bond acceptors (Lipinski definition) is 5. The van der Waals surface area contributed by atoms with Gasteiger partial charge in [0, 0.05) is 12.1 Å². The number of benzene rings is 2. The van der Waals surface area contributed by atoms with Crippen molar-refractivity contribution in [3.05, 3.63) is 74.8 Å². The van der Waals surface area contributed by atoms with Gasteiger partial charge in [0.05, 0.1) is 15.5 Å². The maximum atomic E-state index is 13.0. The number of carbonyl (C=O) groups excluding carboxylic acids is 3. The summed E-state index contributed by atoms with van der Waals surface area (Å²) >= 11 is 5.94. The fourth-order valence-corrected chi connectivity index (χ4v) is 3.26. The Kier molecular flexibility index (Phi) is 5.02. The molecular weight excluding hydrogens is 388 g/mol. The molecule has 0 saturated carbocycles. The van der Waals surface area contributed by atoms with Crippen LogP contribution in [0.3, 0.4) is 0 Å². The number of amides is 4. The van der Waals surface area contributed by atoms with Gasteiger partial charge in [-0.2, -0.15) is 5.01 Å². The van der Waals surface area contributed by atoms with Crippen molar-refractivity contribution in [1.29, 1.82) is 0 Å². The Hall–Kier alpha value is -3.46. The molecule has 4 amide bonds. The van der Waals surface area contributed by atoms with E-state index in [0.29, 0.717) is 10.6 Å². The third kappa shape index (κ3) is 3.16. The minimum absolute atomic E-state index is 0.110. The van der Waals surface area contributed by atoms with Crippen LogP contribution >= 0.6 is 11.6 Å². The molecule has 3 rings (SSSR count). The molecule has 10 heteroatoms. The fourth-order valence-electron chi connectivity index (χ4n) is 3.00. The molecule has 1 atom stereocenters. The van der Waals surface area contributed by atoms with E-state index in [0.717, 1.165) is 18.2 Å². The highest BCUT2D eigenvalue weighted by Gasteiger charge is 2.52. The van der Waals surface area contributed by atoms with Gasteiger partial charge in [0.1, 0.15) is 5.54 Å². The first-order valence-corrected chi connectivity index (χ1v) is 8.65. The van der Waals surface area contributed by atoms with Crippen LogP contribution in [0.15, 0.2) is 48.5 Å². The number of nitro groups is 1. The third-order valence-corrected chi connectivity index (χ3v) is 4.82. The highest BCUT2D eigenvalue weighted by molar-refractivity contribution is 6.34. The second-order valence-corrected chi connectivity index (χ2v) is 6.47. The van der Waals surface area contributed by atoms with Gasteiger partial charge in [0.15, 0.2) is 0 Å². The number of halogens is 1. The molecule has 9 nitrogen and oxygen atoms in total. The molecule has 0 aliphatic carbocycles. The van der Waals surface area contributed by atoms with E-state index in [9.17, 15) is 24.5 Å². The van der Waals surface area contributed by atoms with E-state index in [1.807, 2.05) is 0 Å². The van der Waals surface area contributed by atoms with Crippen molar-refractivity contribution in [1.82, 2.24) is 15.8 Å². The molecule has 2 aromatic carbocycles. The molecule has 0 unspecified atom stereocenters. The lowest BCUT2D eigenvalue weighted by Gasteiger charge is -2.25. The van der Waals surface area contributed by atoms with Gasteiger partial charge in [-0.3, -0.25) is 25.1 Å². The lowest BCUT2D eigenvalue weighted by atomic mass is 9.87. The van der Waals surface area contributed by atoms with Crippen molar-refractivity contribution >= 4 is 35.1 Å². The largest absolute Gasteiger partial charge is 0.344 e. The molecule has 2 N–H and O–H groups in total. The summed E-state index contributed by atoms with van der Waals surface area (Å²) < 4.78 is 0. The van der Waals surface area contributed by atoms with E-state index < -0.39 is 28.3 Å². The molecule has 1 fully saturated rings. The molecule has 1 aliphatic rings. The Balaban J connectivity index is 1.87. The molecule has 1 aliphatic heterocycles. The maximum absolute atomic E-state index is 13.0. The number of hydrogen-bond donors (Lipinski definition) is 2. The van der Waals surface area contributed by atoms with Gasteiger partial charge in [-0.05, 0) is 18.1 Å². The molecule has 2 aromatic rings. The first-order chi connectivity index (χ1) is 13.3. The van der Waals surface area contributed by atoms with Crippen LogP contribution < -0.4 is 10.7 Å². The number of nitrogens with zero attached hydrogens (tertiary/aromatic N) is 2. The van der Waals surface area contributed by atoms with E-state index in [4.69, 9.17) is 11.6 Å². The van der Waals surface area contributed by atoms with Crippen LogP contribution in [0.25, 0.3) is 0 Å². The lowest BCUT2D eigenvalue weighted by Crippen LogP contribution is -2.48. The van der Waals surface area contributed by atoms with Crippen molar-refractivity contribution in [2.45, 2.75) is 18.9 Å². The summed E-state index contributed by atoms with van der Waals surface area (Å²) in [5, 5.41) is 13.8. The zero-order valence-electron chi connectivity index (χ0n) is 14.6. The number of urea groups is 1. The molecule has 1 saturated heterocycles. The standard InChI is InChI=1S/C18H15ClN4O5/c1-2-18(11-6-4-3-5-7-11)16(25)22(17(26)20-18)21-15(24)13-9-8-12(23(27)28)10-14(13)19/h3-10H,2H2,1H3,(H,20,26)(H,21,24)/t18-/m0/s1. The van der Waals surface area contributed by atoms with Crippen LogP contribution in [0.2, 0.25) is 5.02 Å². The second-order valence-electron chi connectivity index (χ2n) is 6.06. The highest BCUT2D eigenvalue weighted by Crippen LogP contribution is 2.31. The fraction of sp³-hybridized carbons (Fsp3) is 0.167. The summed E-state index contributed by atoms with van der Waals surface area (Å²) in [6.07, 6.45) is 0.270. The number of nitro benzene ring substituents is 1. The molecule has 144 valence electrons. The van der Waals surface area contributed by atoms with Gasteiger partial charge in [-0.25, -0.2) is 4.79 Å². The number of non-ortho nitro benzene ring substituents is 1. The third-order valence-electron chi connectivity index (χ3n) is 4.51. The average molecular weight is 403 g/mol. The van der Waals surface area contributed by atoms with Crippen molar-refractivity contribution in [2.24, 2.45) is 0 Å². The quantitative estimate of drug-likeness (QED) is 0.452. The SMILES string of the molecule is CC[C@@]1(c2ccccc2)NC(=O)N(NC(=O)c2ccc([N+](=O)[O-])cc2Cl)C1=O. The first-order valence-electron chi connectivity index (χ1n) is 8.27. The summed E-state index contributed by atoms with van der Waals surface area (Å²) in [6.45, 7) is 1.74. The van der Waals surface area contributed by atoms with Crippen molar-refractivity contribution in [3.8, 4) is 0 Å². The minimum Gasteiger partial charge on any atom is -0.318 e. The van der Waals surface area contributed by atoms with Gasteiger partial charge in [-0.15, -0.1) is 0 Å². The lowest BCUT2D eigenvalue weighted by molar-refractivity contribution is -0.384. The smallest absolute Gasteiger partial charge is 0.318 e. The number of imide groups is 1. The Morgan fingerprint density at radius 1 is 1.25 bits per heavy atom. The number of carbonyl (C=O) groups is 3. The summed E-state index contributed by atoms with van der Waals surface area (Å²) in [4.78, 5) is 48.0. The van der Waals surface area contributed by atoms with Gasteiger partial charge in [0.25, 0.3) is 17.5 Å². The van der Waals surface area contributed by atoms with E-state index in [2.05, 4.69) is 10.7 Å². The molecule has 0 aromatic heterocycles. The first kappa shape index (κ1) is 19.3. The van der Waals surface area contributed by atoms with E-state index in [1.54, 1.807) is 37.3 Å². The van der Waals surface area contributed by atoms with Gasteiger partial charge in [-0.1, -0.05) is 48.9 Å². The number of rotatable bonds is 5. The molecule has 1 heterocycles. The molecule has 28 heavy (non-hydrogen) atoms. The summed E-state index contributed by atoms with van der Waals surface area (Å²) in [5.74, 6) is -1.49. The predicted octanol–water partition coefficient (Wildman–Crippen LogP) is 2.75. The average Bonchev–Trinajstić information content (AvgIpc) is 2.93. The summed E-state index contributed by atoms with van der Waals surface area (Å²) in [5.41, 5.74) is 1.11. The Bertz CT molecular complexity index is 981. The number of nitrogens with one attached hydrogen (secondary N) is 2. The molecule has 0 radical (unpaired) electrons. The minimum atomic E-state index is -1.30. The maximum Gasteiger partial charge on any atom is 0.344 e. The predicted molar refractivity (Wildman–Crippen MR) is 99.4 cm³/mol. The van der Waals surface area contributed by atoms with Crippen molar-refractivity contribution < 1.29 is 19.3 Å². The van der Waals surface area contributed by atoms with Crippen molar-refractivity contribution in [3.63, 3.8) is 0 Å². The van der Waals surface area contributed by atoms with Crippen LogP contribution in [0.5, 0.6) is 0 Å². The van der Waals surface area contributed by atoms with Crippen LogP contribution in [-0.4, -0.2) is 27.8 Å². The topological polar surface area (TPSA) is 122 Å². The second kappa shape index (κ2) is 7.28. The van der Waals surface area contributed by atoms with Crippen LogP contribution in [0.1, 0.15) is 29.3 Å². The zero-order valence-corrected chi connectivity index (χ0v) is 15.4. The van der Waals surface area contributed by atoms with Gasteiger partial charge >= 0.3 is 6.03 Å². The normalized spacial score (nSPS) is 18.7. The van der Waals surface area contributed by atoms with E-state index in [-0.39, 0.29) is 22.7 Å². The molecular formula is C18H15ClN4O5. The van der Waals surface area contributed by atoms with Gasteiger partial charge in [0.2, 0.25) is 0 Å². The summed E-state index contributed by atoms with van der Waals surface area (Å²) in [7, 11) is 0. The van der Waals surface area contributed by atoms with Gasteiger partial charge < -0.3 is 5.32 Å². The van der Waals surface area contributed by atoms with Crippen LogP contribution in [0, 0.1) is 10.1 Å². The molecule has 0 spiro atoms. The Morgan fingerprint density at radius 2 is 1.93 bits per heavy atom. The molecule has 0 bridgehead atoms. The van der Waals surface area contributed by atoms with Crippen molar-refractivity contribution in [2.75, 3.05) is 0 Å². The van der Waals surface area contributed by atoms with Crippen LogP contribution in [0.4, 0.5) is 10.5 Å². The van der Waals surface area contributed by atoms with Crippen LogP contribution in [-0.2, 0) is 10.3 Å². The van der Waals surface area contributed by atoms with E-state index in [1.165, 1.54) is 0 Å². The van der Waals surface area contributed by atoms with E-state index >= 15 is 0 Å². The number of hydrazine groups is 1. The Morgan fingerprint density at radius 3 is 2.50 bits per heavy atom. The highest BCUT2D eigenvalue weighted by atomic mass is 35.5. The Labute approximate surface area is 164 Å².